The summed E-state index contributed by atoms with van der Waals surface area (Å²) in [7, 11) is 1.80. The molecule has 19 heavy (non-hydrogen) atoms. The second-order valence-corrected chi connectivity index (χ2v) is 4.77. The van der Waals surface area contributed by atoms with Crippen molar-refractivity contribution in [3.05, 3.63) is 23.8 Å². The maximum absolute atomic E-state index is 12.1. The van der Waals surface area contributed by atoms with Gasteiger partial charge >= 0.3 is 6.03 Å². The lowest BCUT2D eigenvalue weighted by Crippen LogP contribution is -2.34. The van der Waals surface area contributed by atoms with Gasteiger partial charge in [-0.1, -0.05) is 6.07 Å². The van der Waals surface area contributed by atoms with Crippen LogP contribution in [0, 0.1) is 0 Å². The summed E-state index contributed by atoms with van der Waals surface area (Å²) < 4.78 is 10.7. The first-order valence-corrected chi connectivity index (χ1v) is 6.32. The highest BCUT2D eigenvalue weighted by Gasteiger charge is 2.36. The van der Waals surface area contributed by atoms with Crippen molar-refractivity contribution in [1.82, 2.24) is 9.80 Å². The molecule has 2 heterocycles. The Morgan fingerprint density at radius 3 is 2.95 bits per heavy atom. The zero-order valence-electron chi connectivity index (χ0n) is 10.8. The van der Waals surface area contributed by atoms with Gasteiger partial charge in [-0.15, -0.1) is 0 Å². The van der Waals surface area contributed by atoms with E-state index in [4.69, 9.17) is 15.2 Å². The molecule has 0 aromatic heterocycles. The molecule has 1 fully saturated rings. The summed E-state index contributed by atoms with van der Waals surface area (Å²) in [6.45, 7) is 1.94. The zero-order chi connectivity index (χ0) is 13.4. The van der Waals surface area contributed by atoms with E-state index >= 15 is 0 Å². The number of hydrogen-bond acceptors (Lipinski definition) is 4. The lowest BCUT2D eigenvalue weighted by molar-refractivity contribution is 0.173. The number of fused-ring (bicyclic) bond motifs is 1. The molecule has 1 saturated heterocycles. The molecule has 102 valence electrons. The molecule has 1 aromatic carbocycles. The fraction of sp³-hybridized carbons (Fsp3) is 0.462. The van der Waals surface area contributed by atoms with Crippen LogP contribution in [0.15, 0.2) is 18.2 Å². The topological polar surface area (TPSA) is 68.0 Å². The van der Waals surface area contributed by atoms with E-state index in [1.807, 2.05) is 18.2 Å². The van der Waals surface area contributed by atoms with Crippen molar-refractivity contribution < 1.29 is 14.3 Å². The molecule has 6 nitrogen and oxygen atoms in total. The molecule has 0 aliphatic carbocycles. The Bertz CT molecular complexity index is 506. The SMILES string of the molecule is CN1CC(c2ccc3c(c2)OCO3)N(CCN)C1=O. The number of amides is 2. The van der Waals surface area contributed by atoms with Gasteiger partial charge in [0, 0.05) is 26.7 Å². The van der Waals surface area contributed by atoms with Gasteiger partial charge in [0.05, 0.1) is 6.04 Å². The van der Waals surface area contributed by atoms with Crippen molar-refractivity contribution in [2.45, 2.75) is 6.04 Å². The first-order chi connectivity index (χ1) is 9.20. The monoisotopic (exact) mass is 263 g/mol. The molecule has 1 atom stereocenters. The van der Waals surface area contributed by atoms with Crippen LogP contribution in [0.4, 0.5) is 4.79 Å². The van der Waals surface area contributed by atoms with Gasteiger partial charge in [0.2, 0.25) is 6.79 Å². The van der Waals surface area contributed by atoms with Gasteiger partial charge in [-0.05, 0) is 17.7 Å². The molecule has 0 saturated carbocycles. The number of carbonyl (C=O) groups is 1. The molecule has 1 aromatic rings. The van der Waals surface area contributed by atoms with E-state index in [-0.39, 0.29) is 18.9 Å². The third-order valence-electron chi connectivity index (χ3n) is 3.55. The smallest absolute Gasteiger partial charge is 0.320 e. The van der Waals surface area contributed by atoms with E-state index in [1.54, 1.807) is 16.8 Å². The largest absolute Gasteiger partial charge is 0.454 e. The van der Waals surface area contributed by atoms with Gasteiger partial charge in [0.15, 0.2) is 11.5 Å². The van der Waals surface area contributed by atoms with Crippen LogP contribution in [0.3, 0.4) is 0 Å². The van der Waals surface area contributed by atoms with Gasteiger partial charge < -0.3 is 25.0 Å². The van der Waals surface area contributed by atoms with Crippen LogP contribution in [0.2, 0.25) is 0 Å². The third kappa shape index (κ3) is 1.98. The normalized spacial score (nSPS) is 21.4. The second-order valence-electron chi connectivity index (χ2n) is 4.77. The second kappa shape index (κ2) is 4.62. The average molecular weight is 263 g/mol. The first kappa shape index (κ1) is 12.1. The summed E-state index contributed by atoms with van der Waals surface area (Å²) in [6, 6.07) is 5.86. The van der Waals surface area contributed by atoms with E-state index in [9.17, 15) is 4.79 Å². The van der Waals surface area contributed by atoms with Crippen LogP contribution in [0.25, 0.3) is 0 Å². The lowest BCUT2D eigenvalue weighted by Gasteiger charge is -2.22. The van der Waals surface area contributed by atoms with E-state index in [2.05, 4.69) is 0 Å². The van der Waals surface area contributed by atoms with E-state index in [0.717, 1.165) is 17.1 Å². The molecule has 0 spiro atoms. The summed E-state index contributed by atoms with van der Waals surface area (Å²) >= 11 is 0. The molecule has 2 N–H and O–H groups in total. The van der Waals surface area contributed by atoms with E-state index in [0.29, 0.717) is 19.6 Å². The van der Waals surface area contributed by atoms with E-state index < -0.39 is 0 Å². The summed E-state index contributed by atoms with van der Waals surface area (Å²) in [5.74, 6) is 1.50. The number of likely N-dealkylation sites (N-methyl/N-ethyl adjacent to an activating group) is 1. The number of benzene rings is 1. The molecule has 2 aliphatic rings. The molecule has 1 unspecified atom stereocenters. The minimum atomic E-state index is 0.0214. The maximum Gasteiger partial charge on any atom is 0.320 e. The van der Waals surface area contributed by atoms with Crippen LogP contribution in [0.5, 0.6) is 11.5 Å². The maximum atomic E-state index is 12.1. The average Bonchev–Trinajstić information content (AvgIpc) is 2.98. The predicted molar refractivity (Wildman–Crippen MR) is 69.1 cm³/mol. The van der Waals surface area contributed by atoms with Crippen molar-refractivity contribution in [3.8, 4) is 11.5 Å². The number of urea groups is 1. The summed E-state index contributed by atoms with van der Waals surface area (Å²) in [4.78, 5) is 15.6. The minimum absolute atomic E-state index is 0.0214. The Morgan fingerprint density at radius 2 is 2.16 bits per heavy atom. The van der Waals surface area contributed by atoms with Crippen molar-refractivity contribution in [1.29, 1.82) is 0 Å². The number of ether oxygens (including phenoxy) is 2. The Morgan fingerprint density at radius 1 is 1.37 bits per heavy atom. The van der Waals surface area contributed by atoms with E-state index in [1.165, 1.54) is 0 Å². The molecule has 0 radical (unpaired) electrons. The first-order valence-electron chi connectivity index (χ1n) is 6.32. The standard InChI is InChI=1S/C13H17N3O3/c1-15-7-10(16(5-4-14)13(15)17)9-2-3-11-12(6-9)19-8-18-11/h2-3,6,10H,4-5,7-8,14H2,1H3. The van der Waals surface area contributed by atoms with Crippen molar-refractivity contribution in [2.24, 2.45) is 5.73 Å². The number of hydrogen-bond donors (Lipinski definition) is 1. The van der Waals surface area contributed by atoms with Crippen LogP contribution >= 0.6 is 0 Å². The number of nitrogens with zero attached hydrogens (tertiary/aromatic N) is 2. The summed E-state index contributed by atoms with van der Waals surface area (Å²) in [6.07, 6.45) is 0. The summed E-state index contributed by atoms with van der Waals surface area (Å²) in [5, 5.41) is 0. The van der Waals surface area contributed by atoms with Gasteiger partial charge in [-0.25, -0.2) is 4.79 Å². The van der Waals surface area contributed by atoms with Crippen molar-refractivity contribution in [3.63, 3.8) is 0 Å². The number of nitrogens with two attached hydrogens (primary N) is 1. The molecule has 2 amide bonds. The summed E-state index contributed by atoms with van der Waals surface area (Å²) in [5.41, 5.74) is 6.64. The highest BCUT2D eigenvalue weighted by atomic mass is 16.7. The third-order valence-corrected chi connectivity index (χ3v) is 3.55. The van der Waals surface area contributed by atoms with Gasteiger partial charge in [-0.3, -0.25) is 0 Å². The fourth-order valence-corrected chi connectivity index (χ4v) is 2.58. The Balaban J connectivity index is 1.90. The molecule has 3 rings (SSSR count). The van der Waals surface area contributed by atoms with Crippen LogP contribution < -0.4 is 15.2 Å². The van der Waals surface area contributed by atoms with Crippen LogP contribution in [-0.2, 0) is 0 Å². The Kier molecular flexibility index (Phi) is 2.94. The molecule has 2 aliphatic heterocycles. The lowest BCUT2D eigenvalue weighted by atomic mass is 10.1. The van der Waals surface area contributed by atoms with Gasteiger partial charge in [-0.2, -0.15) is 0 Å². The molecular weight excluding hydrogens is 246 g/mol. The Labute approximate surface area is 111 Å². The molecule has 0 bridgehead atoms. The predicted octanol–water partition coefficient (Wildman–Crippen LogP) is 0.782. The van der Waals surface area contributed by atoms with Gasteiger partial charge in [0.25, 0.3) is 0 Å². The van der Waals surface area contributed by atoms with Gasteiger partial charge in [0.1, 0.15) is 0 Å². The number of carbonyl (C=O) groups excluding carboxylic acids is 1. The number of rotatable bonds is 3. The zero-order valence-corrected chi connectivity index (χ0v) is 10.8. The van der Waals surface area contributed by atoms with Crippen molar-refractivity contribution >= 4 is 6.03 Å². The van der Waals surface area contributed by atoms with Crippen LogP contribution in [0.1, 0.15) is 11.6 Å². The minimum Gasteiger partial charge on any atom is -0.454 e. The fourth-order valence-electron chi connectivity index (χ4n) is 2.58. The highest BCUT2D eigenvalue weighted by molar-refractivity contribution is 5.77. The molecule has 6 heteroatoms. The Hall–Kier alpha value is -1.95. The highest BCUT2D eigenvalue weighted by Crippen LogP contribution is 2.37. The molecular formula is C13H17N3O3. The van der Waals surface area contributed by atoms with Crippen molar-refractivity contribution in [2.75, 3.05) is 33.5 Å². The van der Waals surface area contributed by atoms with Crippen LogP contribution in [-0.4, -0.2) is 49.3 Å². The quantitative estimate of drug-likeness (QED) is 0.875.